The Hall–Kier alpha value is -2.09. The van der Waals surface area contributed by atoms with Crippen LogP contribution in [0.3, 0.4) is 0 Å². The molecule has 2 heteroatoms. The lowest BCUT2D eigenvalue weighted by Crippen LogP contribution is -2.38. The molecule has 0 amide bonds. The van der Waals surface area contributed by atoms with Crippen LogP contribution < -0.4 is 5.32 Å². The van der Waals surface area contributed by atoms with Gasteiger partial charge in [-0.1, -0.05) is 84.9 Å². The third-order valence-corrected chi connectivity index (χ3v) is 5.09. The van der Waals surface area contributed by atoms with Gasteiger partial charge in [0.2, 0.25) is 0 Å². The molecule has 1 aliphatic rings. The summed E-state index contributed by atoms with van der Waals surface area (Å²) in [7, 11) is 0. The second kappa shape index (κ2) is 8.33. The second-order valence-electron chi connectivity index (χ2n) is 6.60. The number of fused-ring (bicyclic) bond motifs is 1. The van der Waals surface area contributed by atoms with Crippen LogP contribution in [0.4, 0.5) is 0 Å². The Labute approximate surface area is 156 Å². The maximum Gasteiger partial charge on any atom is 0.0246 e. The Kier molecular flexibility index (Phi) is 5.91. The number of halogens is 1. The minimum atomic E-state index is 0. The highest BCUT2D eigenvalue weighted by molar-refractivity contribution is 5.85. The smallest absolute Gasteiger partial charge is 0.0246 e. The van der Waals surface area contributed by atoms with Crippen LogP contribution in [0.5, 0.6) is 0 Å². The monoisotopic (exact) mass is 349 g/mol. The number of aryl methyl sites for hydroxylation is 1. The minimum absolute atomic E-state index is 0. The first-order valence-corrected chi connectivity index (χ1v) is 8.82. The van der Waals surface area contributed by atoms with E-state index in [4.69, 9.17) is 0 Å². The van der Waals surface area contributed by atoms with E-state index in [0.29, 0.717) is 12.0 Å². The van der Waals surface area contributed by atoms with Crippen molar-refractivity contribution >= 4 is 12.4 Å². The highest BCUT2D eigenvalue weighted by Gasteiger charge is 2.30. The van der Waals surface area contributed by atoms with E-state index in [9.17, 15) is 0 Å². The fraction of sp³-hybridized carbons (Fsp3) is 0.217. The maximum atomic E-state index is 3.83. The topological polar surface area (TPSA) is 12.0 Å². The average molecular weight is 350 g/mol. The number of nitrogens with one attached hydrogen (secondary N) is 1. The van der Waals surface area contributed by atoms with Gasteiger partial charge in [-0.2, -0.15) is 0 Å². The molecule has 0 aromatic heterocycles. The Morgan fingerprint density at radius 2 is 1.40 bits per heavy atom. The van der Waals surface area contributed by atoms with Crippen molar-refractivity contribution in [2.24, 2.45) is 0 Å². The molecule has 128 valence electrons. The largest absolute Gasteiger partial charge is 0.309 e. The Morgan fingerprint density at radius 1 is 0.760 bits per heavy atom. The van der Waals surface area contributed by atoms with Crippen molar-refractivity contribution in [2.45, 2.75) is 31.3 Å². The van der Waals surface area contributed by atoms with Crippen molar-refractivity contribution in [1.29, 1.82) is 0 Å². The van der Waals surface area contributed by atoms with Crippen LogP contribution in [0.2, 0.25) is 0 Å². The Morgan fingerprint density at radius 3 is 2.16 bits per heavy atom. The van der Waals surface area contributed by atoms with E-state index in [1.807, 2.05) is 0 Å². The molecule has 0 fully saturated rings. The van der Waals surface area contributed by atoms with Gasteiger partial charge in [0, 0.05) is 18.5 Å². The zero-order chi connectivity index (χ0) is 16.2. The third kappa shape index (κ3) is 3.95. The first-order valence-electron chi connectivity index (χ1n) is 8.82. The van der Waals surface area contributed by atoms with Crippen LogP contribution in [-0.4, -0.2) is 6.04 Å². The molecule has 2 unspecified atom stereocenters. The fourth-order valence-corrected chi connectivity index (χ4v) is 3.90. The van der Waals surface area contributed by atoms with E-state index in [2.05, 4.69) is 90.2 Å². The van der Waals surface area contributed by atoms with E-state index in [1.165, 1.54) is 28.7 Å². The average Bonchev–Trinajstić information content (AvgIpc) is 2.67. The lowest BCUT2D eigenvalue weighted by Gasteiger charge is -2.35. The summed E-state index contributed by atoms with van der Waals surface area (Å²) in [6.45, 7) is 0.928. The molecule has 0 saturated carbocycles. The van der Waals surface area contributed by atoms with E-state index in [-0.39, 0.29) is 12.4 Å². The molecule has 0 aliphatic heterocycles. The summed E-state index contributed by atoms with van der Waals surface area (Å²) in [4.78, 5) is 0. The number of rotatable bonds is 4. The zero-order valence-electron chi connectivity index (χ0n) is 14.3. The Bertz CT molecular complexity index is 785. The highest BCUT2D eigenvalue weighted by atomic mass is 35.5. The molecule has 1 aliphatic carbocycles. The summed E-state index contributed by atoms with van der Waals surface area (Å²) in [5, 5.41) is 3.83. The van der Waals surface area contributed by atoms with Gasteiger partial charge in [0.25, 0.3) is 0 Å². The van der Waals surface area contributed by atoms with E-state index in [1.54, 1.807) is 0 Å². The predicted molar refractivity (Wildman–Crippen MR) is 107 cm³/mol. The molecule has 0 bridgehead atoms. The van der Waals surface area contributed by atoms with Crippen molar-refractivity contribution < 1.29 is 0 Å². The molecular formula is C23H24ClN. The second-order valence-corrected chi connectivity index (χ2v) is 6.60. The summed E-state index contributed by atoms with van der Waals surface area (Å²) in [5.41, 5.74) is 5.75. The normalized spacial score (nSPS) is 18.9. The van der Waals surface area contributed by atoms with Crippen LogP contribution in [0.25, 0.3) is 0 Å². The van der Waals surface area contributed by atoms with Gasteiger partial charge < -0.3 is 5.32 Å². The molecule has 0 saturated heterocycles. The lowest BCUT2D eigenvalue weighted by atomic mass is 9.75. The predicted octanol–water partition coefficient (Wildman–Crippen LogP) is 5.34. The summed E-state index contributed by atoms with van der Waals surface area (Å²) in [6, 6.07) is 31.1. The number of benzene rings is 3. The van der Waals surface area contributed by atoms with Crippen molar-refractivity contribution in [3.63, 3.8) is 0 Å². The van der Waals surface area contributed by atoms with Crippen LogP contribution >= 0.6 is 12.4 Å². The molecule has 0 radical (unpaired) electrons. The summed E-state index contributed by atoms with van der Waals surface area (Å²) >= 11 is 0. The number of hydrogen-bond donors (Lipinski definition) is 1. The van der Waals surface area contributed by atoms with Crippen LogP contribution in [0.15, 0.2) is 84.9 Å². The molecular weight excluding hydrogens is 326 g/mol. The van der Waals surface area contributed by atoms with Gasteiger partial charge in [0.15, 0.2) is 0 Å². The van der Waals surface area contributed by atoms with Crippen LogP contribution in [0.1, 0.15) is 34.6 Å². The van der Waals surface area contributed by atoms with Gasteiger partial charge in [0.1, 0.15) is 0 Å². The standard InChI is InChI=1S/C23H23N.ClH/c1-3-9-18(10-4-1)17-24-22-16-15-19-11-7-8-14-21(19)23(22)20-12-5-2-6-13-20;/h1-14,22-24H,15-17H2;1H. The highest BCUT2D eigenvalue weighted by Crippen LogP contribution is 2.36. The van der Waals surface area contributed by atoms with Gasteiger partial charge in [0.05, 0.1) is 0 Å². The van der Waals surface area contributed by atoms with Crippen molar-refractivity contribution in [1.82, 2.24) is 5.32 Å². The van der Waals surface area contributed by atoms with Crippen molar-refractivity contribution in [3.8, 4) is 0 Å². The summed E-state index contributed by atoms with van der Waals surface area (Å²) < 4.78 is 0. The molecule has 4 rings (SSSR count). The quantitative estimate of drug-likeness (QED) is 0.670. The molecule has 2 atom stereocenters. The van der Waals surface area contributed by atoms with Gasteiger partial charge >= 0.3 is 0 Å². The van der Waals surface area contributed by atoms with E-state index < -0.39 is 0 Å². The molecule has 25 heavy (non-hydrogen) atoms. The molecule has 1 N–H and O–H groups in total. The third-order valence-electron chi connectivity index (χ3n) is 5.09. The van der Waals surface area contributed by atoms with Crippen LogP contribution in [0, 0.1) is 0 Å². The van der Waals surface area contributed by atoms with Crippen LogP contribution in [-0.2, 0) is 13.0 Å². The van der Waals surface area contributed by atoms with Gasteiger partial charge in [-0.15, -0.1) is 12.4 Å². The van der Waals surface area contributed by atoms with Gasteiger partial charge in [-0.25, -0.2) is 0 Å². The maximum absolute atomic E-state index is 3.83. The molecule has 0 heterocycles. The number of hydrogen-bond acceptors (Lipinski definition) is 1. The zero-order valence-corrected chi connectivity index (χ0v) is 15.1. The first-order chi connectivity index (χ1) is 11.9. The SMILES string of the molecule is Cl.c1ccc(CNC2CCc3ccccc3C2c2ccccc2)cc1. The molecule has 3 aromatic rings. The molecule has 0 spiro atoms. The van der Waals surface area contributed by atoms with Gasteiger partial charge in [-0.05, 0) is 35.1 Å². The molecule has 3 aromatic carbocycles. The summed E-state index contributed by atoms with van der Waals surface area (Å²) in [5.74, 6) is 0.430. The molecule has 1 nitrogen and oxygen atoms in total. The minimum Gasteiger partial charge on any atom is -0.309 e. The lowest BCUT2D eigenvalue weighted by molar-refractivity contribution is 0.417. The van der Waals surface area contributed by atoms with Crippen molar-refractivity contribution in [2.75, 3.05) is 0 Å². The van der Waals surface area contributed by atoms with E-state index in [0.717, 1.165) is 13.0 Å². The fourth-order valence-electron chi connectivity index (χ4n) is 3.90. The van der Waals surface area contributed by atoms with Crippen molar-refractivity contribution in [3.05, 3.63) is 107 Å². The van der Waals surface area contributed by atoms with E-state index >= 15 is 0 Å². The Balaban J connectivity index is 0.00000182. The van der Waals surface area contributed by atoms with Gasteiger partial charge in [-0.3, -0.25) is 0 Å². The summed E-state index contributed by atoms with van der Waals surface area (Å²) in [6.07, 6.45) is 2.34. The first kappa shape index (κ1) is 17.7.